The zero-order chi connectivity index (χ0) is 18.9. The van der Waals surface area contributed by atoms with Crippen LogP contribution in [0.4, 0.5) is 0 Å². The summed E-state index contributed by atoms with van der Waals surface area (Å²) < 4.78 is 22.2. The molecule has 0 N–H and O–H groups in total. The molecule has 0 amide bonds. The van der Waals surface area contributed by atoms with Crippen molar-refractivity contribution in [2.45, 2.75) is 52.4 Å². The molecular formula is C20H26O4PZn-. The van der Waals surface area contributed by atoms with Crippen molar-refractivity contribution in [3.8, 4) is 11.5 Å². The Bertz CT molecular complexity index is 693. The van der Waals surface area contributed by atoms with Gasteiger partial charge in [0, 0.05) is 19.5 Å². The molecule has 0 aliphatic carbocycles. The Labute approximate surface area is 169 Å². The summed E-state index contributed by atoms with van der Waals surface area (Å²) in [5, 5.41) is 0. The molecule has 0 aliphatic heterocycles. The molecule has 0 saturated carbocycles. The van der Waals surface area contributed by atoms with Crippen LogP contribution in [0.3, 0.4) is 0 Å². The Hall–Kier alpha value is -1.15. The van der Waals surface area contributed by atoms with Crippen molar-refractivity contribution in [1.82, 2.24) is 0 Å². The first-order valence-corrected chi connectivity index (χ1v) is 9.74. The van der Waals surface area contributed by atoms with Gasteiger partial charge in [-0.05, 0) is 46.2 Å². The smallest absolute Gasteiger partial charge is 0.372 e. The molecule has 0 radical (unpaired) electrons. The van der Waals surface area contributed by atoms with E-state index in [1.54, 1.807) is 24.3 Å². The van der Waals surface area contributed by atoms with Crippen molar-refractivity contribution in [2.75, 3.05) is 0 Å². The molecule has 2 aromatic carbocycles. The predicted octanol–water partition coefficient (Wildman–Crippen LogP) is 5.21. The molecule has 6 heteroatoms. The fraction of sp³-hybridized carbons (Fsp3) is 0.400. The first kappa shape index (κ1) is 22.9. The molecule has 0 fully saturated rings. The number of hydrogen-bond donors (Lipinski definition) is 0. The number of phosphoric ester groups is 1. The SMILES string of the molecule is CC(C)(C)c1ccc(OP(=O)([O-])Oc2ccc(C(C)(C)C)cc2)cc1.[Zn]. The Balaban J connectivity index is 0.00000338. The van der Waals surface area contributed by atoms with Crippen molar-refractivity contribution >= 4 is 7.82 Å². The molecule has 0 saturated heterocycles. The van der Waals surface area contributed by atoms with E-state index in [-0.39, 0.29) is 41.8 Å². The van der Waals surface area contributed by atoms with Gasteiger partial charge >= 0.3 is 7.82 Å². The molecule has 0 unspecified atom stereocenters. The van der Waals surface area contributed by atoms with Gasteiger partial charge in [-0.25, -0.2) is 4.57 Å². The number of hydrogen-bond acceptors (Lipinski definition) is 4. The molecule has 0 spiro atoms. The normalized spacial score (nSPS) is 12.3. The van der Waals surface area contributed by atoms with E-state index in [0.717, 1.165) is 11.1 Å². The van der Waals surface area contributed by atoms with E-state index < -0.39 is 7.82 Å². The average molecular weight is 427 g/mol. The number of phosphoric acid groups is 1. The van der Waals surface area contributed by atoms with E-state index in [4.69, 9.17) is 9.05 Å². The summed E-state index contributed by atoms with van der Waals surface area (Å²) in [4.78, 5) is 12.1. The largest absolute Gasteiger partial charge is 0.736 e. The van der Waals surface area contributed by atoms with E-state index in [1.165, 1.54) is 0 Å². The van der Waals surface area contributed by atoms with E-state index in [0.29, 0.717) is 0 Å². The van der Waals surface area contributed by atoms with Crippen molar-refractivity contribution in [3.05, 3.63) is 59.7 Å². The second-order valence-electron chi connectivity index (χ2n) is 8.18. The topological polar surface area (TPSA) is 58.6 Å². The van der Waals surface area contributed by atoms with Gasteiger partial charge in [-0.3, -0.25) is 0 Å². The van der Waals surface area contributed by atoms with Crippen LogP contribution < -0.4 is 13.9 Å². The summed E-state index contributed by atoms with van der Waals surface area (Å²) in [6.07, 6.45) is 0. The van der Waals surface area contributed by atoms with Gasteiger partial charge in [-0.1, -0.05) is 65.8 Å². The second kappa shape index (κ2) is 8.25. The van der Waals surface area contributed by atoms with Crippen LogP contribution in [0.1, 0.15) is 52.7 Å². The summed E-state index contributed by atoms with van der Waals surface area (Å²) in [5.74, 6) is 0.468. The van der Waals surface area contributed by atoms with Crippen LogP contribution in [0.25, 0.3) is 0 Å². The molecular weight excluding hydrogens is 401 g/mol. The van der Waals surface area contributed by atoms with Crippen LogP contribution in [-0.2, 0) is 34.9 Å². The molecule has 0 bridgehead atoms. The number of benzene rings is 2. The van der Waals surface area contributed by atoms with Gasteiger partial charge in [-0.15, -0.1) is 0 Å². The molecule has 0 aliphatic rings. The first-order chi connectivity index (χ1) is 11.4. The van der Waals surface area contributed by atoms with E-state index in [9.17, 15) is 9.46 Å². The third kappa shape index (κ3) is 6.54. The van der Waals surface area contributed by atoms with Crippen molar-refractivity contribution < 1.29 is 38.0 Å². The molecule has 0 heterocycles. The van der Waals surface area contributed by atoms with Crippen molar-refractivity contribution in [1.29, 1.82) is 0 Å². The zero-order valence-electron chi connectivity index (χ0n) is 16.4. The Morgan fingerprint density at radius 2 is 0.962 bits per heavy atom. The van der Waals surface area contributed by atoms with Gasteiger partial charge in [-0.2, -0.15) is 0 Å². The molecule has 2 aromatic rings. The molecule has 0 aromatic heterocycles. The maximum Gasteiger partial charge on any atom is 0.372 e. The van der Waals surface area contributed by atoms with E-state index >= 15 is 0 Å². The molecule has 138 valence electrons. The summed E-state index contributed by atoms with van der Waals surface area (Å²) in [6.45, 7) is 12.5. The van der Waals surface area contributed by atoms with Crippen LogP contribution >= 0.6 is 7.82 Å². The van der Waals surface area contributed by atoms with Gasteiger partial charge in [0.25, 0.3) is 0 Å². The minimum Gasteiger partial charge on any atom is -0.736 e. The predicted molar refractivity (Wildman–Crippen MR) is 99.1 cm³/mol. The maximum atomic E-state index is 12.1. The molecule has 26 heavy (non-hydrogen) atoms. The Morgan fingerprint density at radius 1 is 0.692 bits per heavy atom. The van der Waals surface area contributed by atoms with Gasteiger partial charge in [0.05, 0.1) is 0 Å². The standard InChI is InChI=1S/C20H27O4P.Zn/c1-19(2,3)15-7-11-17(12-8-15)23-25(21,22)24-18-13-9-16(10-14-18)20(4,5)6;/h7-14H,1-6H3,(H,21,22);/p-1. The van der Waals surface area contributed by atoms with Crippen LogP contribution in [-0.4, -0.2) is 0 Å². The fourth-order valence-corrected chi connectivity index (χ4v) is 3.11. The van der Waals surface area contributed by atoms with E-state index in [1.807, 2.05) is 24.3 Å². The zero-order valence-corrected chi connectivity index (χ0v) is 20.3. The summed E-state index contributed by atoms with van der Waals surface area (Å²) in [5.41, 5.74) is 2.18. The third-order valence-electron chi connectivity index (χ3n) is 3.88. The van der Waals surface area contributed by atoms with E-state index in [2.05, 4.69) is 41.5 Å². The molecule has 2 rings (SSSR count). The fourth-order valence-electron chi connectivity index (χ4n) is 2.31. The molecule has 4 nitrogen and oxygen atoms in total. The van der Waals surface area contributed by atoms with Crippen molar-refractivity contribution in [3.63, 3.8) is 0 Å². The molecule has 0 atom stereocenters. The minimum atomic E-state index is -4.50. The summed E-state index contributed by atoms with van der Waals surface area (Å²) in [6, 6.07) is 14.0. The average Bonchev–Trinajstić information content (AvgIpc) is 2.45. The Kier molecular flexibility index (Phi) is 7.27. The van der Waals surface area contributed by atoms with Crippen molar-refractivity contribution in [2.24, 2.45) is 0 Å². The van der Waals surface area contributed by atoms with Crippen LogP contribution in [0.15, 0.2) is 48.5 Å². The summed E-state index contributed by atoms with van der Waals surface area (Å²) in [7, 11) is -4.50. The van der Waals surface area contributed by atoms with Crippen LogP contribution in [0, 0.1) is 0 Å². The third-order valence-corrected chi connectivity index (χ3v) is 4.74. The van der Waals surface area contributed by atoms with Gasteiger partial charge in [0.1, 0.15) is 11.5 Å². The maximum absolute atomic E-state index is 12.1. The summed E-state index contributed by atoms with van der Waals surface area (Å²) >= 11 is 0. The minimum absolute atomic E-state index is 0. The number of rotatable bonds is 4. The van der Waals surface area contributed by atoms with Gasteiger partial charge in [0.2, 0.25) is 0 Å². The van der Waals surface area contributed by atoms with Gasteiger partial charge in [0.15, 0.2) is 0 Å². The van der Waals surface area contributed by atoms with Crippen LogP contribution in [0.2, 0.25) is 0 Å². The van der Waals surface area contributed by atoms with Crippen LogP contribution in [0.5, 0.6) is 11.5 Å². The second-order valence-corrected chi connectivity index (χ2v) is 9.44. The quantitative estimate of drug-likeness (QED) is 0.497. The Morgan fingerprint density at radius 3 is 1.19 bits per heavy atom. The first-order valence-electron chi connectivity index (χ1n) is 8.28. The monoisotopic (exact) mass is 425 g/mol. The van der Waals surface area contributed by atoms with Gasteiger partial charge < -0.3 is 13.9 Å².